The molecule has 2 heterocycles. The summed E-state index contributed by atoms with van der Waals surface area (Å²) in [5.41, 5.74) is 7.83. The van der Waals surface area contributed by atoms with Crippen LogP contribution in [0.25, 0.3) is 10.4 Å². The van der Waals surface area contributed by atoms with Gasteiger partial charge in [-0.1, -0.05) is 19.0 Å². The summed E-state index contributed by atoms with van der Waals surface area (Å²) in [6.45, 7) is 10.1. The molecule has 0 radical (unpaired) electrons. The highest BCUT2D eigenvalue weighted by atomic mass is 16.7. The number of carbonyl (C=O) groups excluding carboxylic acids is 3. The van der Waals surface area contributed by atoms with E-state index in [1.807, 2.05) is 13.8 Å². The molecule has 38 heavy (non-hydrogen) atoms. The Morgan fingerprint density at radius 2 is 1.79 bits per heavy atom. The molecule has 0 bridgehead atoms. The molecule has 9 heteroatoms. The Balaban J connectivity index is 1.32. The van der Waals surface area contributed by atoms with Crippen molar-refractivity contribution in [2.75, 3.05) is 6.61 Å². The zero-order chi connectivity index (χ0) is 27.3. The number of carbonyl (C=O) groups is 3. The quantitative estimate of drug-likeness (QED) is 0.211. The molecule has 0 unspecified atom stereocenters. The fraction of sp³-hybridized carbons (Fsp3) is 0.897. The lowest BCUT2D eigenvalue weighted by Gasteiger charge is -2.62. The first-order chi connectivity index (χ1) is 17.9. The van der Waals surface area contributed by atoms with Gasteiger partial charge in [-0.2, -0.15) is 0 Å². The Hall–Kier alpha value is -1.96. The Bertz CT molecular complexity index is 1120. The molecule has 0 aromatic carbocycles. The first-order valence-corrected chi connectivity index (χ1v) is 14.5. The summed E-state index contributed by atoms with van der Waals surface area (Å²) >= 11 is 0. The van der Waals surface area contributed by atoms with Gasteiger partial charge < -0.3 is 14.2 Å². The molecule has 6 rings (SSSR count). The normalized spacial score (nSPS) is 50.9. The third kappa shape index (κ3) is 3.43. The fourth-order valence-corrected chi connectivity index (χ4v) is 10.5. The predicted octanol–water partition coefficient (Wildman–Crippen LogP) is 5.16. The van der Waals surface area contributed by atoms with Crippen LogP contribution in [0.5, 0.6) is 0 Å². The second-order valence-electron chi connectivity index (χ2n) is 14.1. The van der Waals surface area contributed by atoms with Crippen LogP contribution in [-0.2, 0) is 28.6 Å². The molecule has 0 amide bonds. The van der Waals surface area contributed by atoms with E-state index in [9.17, 15) is 14.4 Å². The monoisotopic (exact) mass is 527 g/mol. The SMILES string of the molecule is CC(=O)O[C@@H]1CC(C)(C)O[C@]12OC[C@]13C(=O)C[C@H]4[C@@H](CC[C@H]5CC(=O)[C@H](N=[N+]=[N-])C[C@@]54C)[C@@H]1CC[C@@H]3[C@@H]2C. The summed E-state index contributed by atoms with van der Waals surface area (Å²) < 4.78 is 19.0. The van der Waals surface area contributed by atoms with Crippen molar-refractivity contribution in [2.45, 2.75) is 110 Å². The second kappa shape index (κ2) is 8.52. The number of ketones is 2. The summed E-state index contributed by atoms with van der Waals surface area (Å²) in [7, 11) is 0. The summed E-state index contributed by atoms with van der Waals surface area (Å²) in [5.74, 6) is 0.00592. The summed E-state index contributed by atoms with van der Waals surface area (Å²) in [6.07, 6.45) is 5.45. The van der Waals surface area contributed by atoms with Gasteiger partial charge in [-0.05, 0) is 86.5 Å². The third-order valence-electron chi connectivity index (χ3n) is 12.0. The number of hydrogen-bond acceptors (Lipinski definition) is 7. The van der Waals surface area contributed by atoms with Gasteiger partial charge in [0.15, 0.2) is 6.10 Å². The number of hydrogen-bond donors (Lipinski definition) is 0. The molecular weight excluding hydrogens is 486 g/mol. The van der Waals surface area contributed by atoms with E-state index >= 15 is 0 Å². The van der Waals surface area contributed by atoms with Crippen molar-refractivity contribution in [2.24, 2.45) is 51.5 Å². The van der Waals surface area contributed by atoms with E-state index in [0.717, 1.165) is 25.7 Å². The first kappa shape index (κ1) is 26.3. The zero-order valence-corrected chi connectivity index (χ0v) is 23.3. The van der Waals surface area contributed by atoms with Gasteiger partial charge in [0.1, 0.15) is 11.6 Å². The van der Waals surface area contributed by atoms with E-state index in [1.165, 1.54) is 6.92 Å². The molecule has 4 aliphatic carbocycles. The van der Waals surface area contributed by atoms with Crippen LogP contribution in [-0.4, -0.2) is 47.7 Å². The Labute approximate surface area is 224 Å². The van der Waals surface area contributed by atoms with Crippen molar-refractivity contribution in [3.8, 4) is 0 Å². The molecule has 4 saturated carbocycles. The molecule has 0 N–H and O–H groups in total. The van der Waals surface area contributed by atoms with Crippen LogP contribution >= 0.6 is 0 Å². The van der Waals surface area contributed by atoms with Crippen LogP contribution in [0.1, 0.15) is 86.0 Å². The molecule has 2 spiro atoms. The third-order valence-corrected chi connectivity index (χ3v) is 12.0. The van der Waals surface area contributed by atoms with Crippen molar-refractivity contribution in [3.63, 3.8) is 0 Å². The topological polar surface area (TPSA) is 128 Å². The number of azide groups is 1. The van der Waals surface area contributed by atoms with E-state index < -0.39 is 28.9 Å². The summed E-state index contributed by atoms with van der Waals surface area (Å²) in [5, 5.41) is 3.85. The number of Topliss-reactive ketones (excluding diaryl/α,β-unsaturated/α-hetero) is 2. The van der Waals surface area contributed by atoms with E-state index in [2.05, 4.69) is 23.9 Å². The van der Waals surface area contributed by atoms with E-state index in [4.69, 9.17) is 19.7 Å². The number of esters is 1. The maximum absolute atomic E-state index is 14.4. The lowest BCUT2D eigenvalue weighted by atomic mass is 9.43. The fourth-order valence-electron chi connectivity index (χ4n) is 10.5. The smallest absolute Gasteiger partial charge is 0.303 e. The molecule has 9 nitrogen and oxygen atoms in total. The van der Waals surface area contributed by atoms with E-state index in [0.29, 0.717) is 38.2 Å². The van der Waals surface area contributed by atoms with Gasteiger partial charge in [-0.15, -0.1) is 0 Å². The maximum atomic E-state index is 14.4. The number of fused-ring (bicyclic) bond motifs is 4. The first-order valence-electron chi connectivity index (χ1n) is 14.5. The Morgan fingerprint density at radius 1 is 1.05 bits per heavy atom. The Kier molecular flexibility index (Phi) is 5.89. The molecule has 208 valence electrons. The van der Waals surface area contributed by atoms with Crippen molar-refractivity contribution in [1.29, 1.82) is 0 Å². The molecule has 0 aromatic rings. The van der Waals surface area contributed by atoms with Gasteiger partial charge in [0.2, 0.25) is 5.79 Å². The molecule has 2 aliphatic heterocycles. The van der Waals surface area contributed by atoms with Gasteiger partial charge in [-0.25, -0.2) is 0 Å². The van der Waals surface area contributed by atoms with Crippen LogP contribution in [0.2, 0.25) is 0 Å². The van der Waals surface area contributed by atoms with Crippen LogP contribution < -0.4 is 0 Å². The van der Waals surface area contributed by atoms with Crippen molar-refractivity contribution in [3.05, 3.63) is 10.4 Å². The van der Waals surface area contributed by atoms with Crippen LogP contribution in [0, 0.1) is 46.3 Å². The number of ether oxygens (including phenoxy) is 3. The highest BCUT2D eigenvalue weighted by Crippen LogP contribution is 2.70. The van der Waals surface area contributed by atoms with Gasteiger partial charge in [-0.3, -0.25) is 14.4 Å². The van der Waals surface area contributed by atoms with Gasteiger partial charge in [0.25, 0.3) is 0 Å². The van der Waals surface area contributed by atoms with Crippen LogP contribution in [0.15, 0.2) is 5.11 Å². The highest BCUT2D eigenvalue weighted by Gasteiger charge is 2.73. The average Bonchev–Trinajstić information content (AvgIpc) is 3.35. The minimum atomic E-state index is -1.03. The average molecular weight is 528 g/mol. The maximum Gasteiger partial charge on any atom is 0.303 e. The molecule has 2 saturated heterocycles. The number of rotatable bonds is 2. The molecular formula is C29H41N3O6. The zero-order valence-electron chi connectivity index (χ0n) is 23.3. The van der Waals surface area contributed by atoms with E-state index in [1.54, 1.807) is 0 Å². The van der Waals surface area contributed by atoms with Crippen LogP contribution in [0.4, 0.5) is 0 Å². The van der Waals surface area contributed by atoms with E-state index in [-0.39, 0.29) is 52.5 Å². The van der Waals surface area contributed by atoms with Gasteiger partial charge >= 0.3 is 5.97 Å². The standard InChI is InChI=1S/C29H41N3O6/c1-15-19-8-9-20-18-7-6-17-10-23(34)22(31-32-30)12-27(17,5)21(18)11-24(35)28(19,20)14-36-29(15)25(37-16(2)33)13-26(3,4)38-29/h15,17-22,25H,6-14H2,1-5H3/t15-,17-,18-,19+,20-,21-,22+,25+,27-,28+,29-/m0/s1. The van der Waals surface area contributed by atoms with Crippen molar-refractivity contribution >= 4 is 17.5 Å². The molecule has 6 aliphatic rings. The lowest BCUT2D eigenvalue weighted by molar-refractivity contribution is -0.343. The van der Waals surface area contributed by atoms with Crippen LogP contribution in [0.3, 0.4) is 0 Å². The molecule has 11 atom stereocenters. The molecule has 0 aromatic heterocycles. The van der Waals surface area contributed by atoms with Gasteiger partial charge in [0.05, 0.1) is 23.7 Å². The van der Waals surface area contributed by atoms with Crippen molar-refractivity contribution < 1.29 is 28.6 Å². The summed E-state index contributed by atoms with van der Waals surface area (Å²) in [4.78, 5) is 42.0. The lowest BCUT2D eigenvalue weighted by Crippen LogP contribution is -2.66. The van der Waals surface area contributed by atoms with Gasteiger partial charge in [0, 0.05) is 37.0 Å². The predicted molar refractivity (Wildman–Crippen MR) is 136 cm³/mol. The second-order valence-corrected chi connectivity index (χ2v) is 14.1. The summed E-state index contributed by atoms with van der Waals surface area (Å²) in [6, 6.07) is -0.624. The largest absolute Gasteiger partial charge is 0.457 e. The number of nitrogens with zero attached hydrogens (tertiary/aromatic N) is 3. The highest BCUT2D eigenvalue weighted by molar-refractivity contribution is 5.88. The molecule has 6 fully saturated rings. The minimum Gasteiger partial charge on any atom is -0.457 e. The van der Waals surface area contributed by atoms with Crippen molar-refractivity contribution in [1.82, 2.24) is 0 Å². The Morgan fingerprint density at radius 3 is 2.50 bits per heavy atom. The minimum absolute atomic E-state index is 0.0462.